The van der Waals surface area contributed by atoms with Gasteiger partial charge in [0, 0.05) is 34.4 Å². The zero-order valence-corrected chi connectivity index (χ0v) is 19.1. The summed E-state index contributed by atoms with van der Waals surface area (Å²) in [4.78, 5) is 3.99. The van der Waals surface area contributed by atoms with Crippen molar-refractivity contribution in [1.29, 1.82) is 0 Å². The molecule has 8 heteroatoms. The van der Waals surface area contributed by atoms with Crippen LogP contribution >= 0.6 is 0 Å². The van der Waals surface area contributed by atoms with Gasteiger partial charge in [0.05, 0.1) is 0 Å². The first kappa shape index (κ1) is 21.7. The van der Waals surface area contributed by atoms with E-state index in [0.29, 0.717) is 17.1 Å². The second-order valence-electron chi connectivity index (χ2n) is 7.94. The van der Waals surface area contributed by atoms with Gasteiger partial charge in [-0.2, -0.15) is 0 Å². The summed E-state index contributed by atoms with van der Waals surface area (Å²) in [6, 6.07) is 25.4. The minimum Gasteiger partial charge on any atom is -0.338 e. The van der Waals surface area contributed by atoms with Crippen LogP contribution in [-0.2, 0) is 10.0 Å². The second kappa shape index (κ2) is 8.66. The summed E-state index contributed by atoms with van der Waals surface area (Å²) >= 11 is 0. The van der Waals surface area contributed by atoms with E-state index in [9.17, 15) is 8.42 Å². The van der Waals surface area contributed by atoms with Crippen LogP contribution in [-0.4, -0.2) is 23.6 Å². The van der Waals surface area contributed by atoms with Crippen molar-refractivity contribution in [3.05, 3.63) is 96.8 Å². The van der Waals surface area contributed by atoms with Crippen LogP contribution < -0.4 is 10.5 Å². The second-order valence-corrected chi connectivity index (χ2v) is 9.50. The lowest BCUT2D eigenvalue weighted by Gasteiger charge is -2.15. The van der Waals surface area contributed by atoms with Crippen LogP contribution in [0, 0.1) is 6.92 Å². The van der Waals surface area contributed by atoms with E-state index in [0.717, 1.165) is 33.2 Å². The number of hydrogen-bond acceptors (Lipinski definition) is 6. The molecule has 5 rings (SSSR count). The van der Waals surface area contributed by atoms with Crippen LogP contribution in [0.2, 0.25) is 0 Å². The molecule has 2 heterocycles. The average molecular weight is 468 g/mol. The Morgan fingerprint density at radius 2 is 1.62 bits per heavy atom. The van der Waals surface area contributed by atoms with Crippen molar-refractivity contribution >= 4 is 32.3 Å². The van der Waals surface area contributed by atoms with Crippen LogP contribution in [0.5, 0.6) is 0 Å². The number of nitrogens with zero attached hydrogens (tertiary/aromatic N) is 3. The Morgan fingerprint density at radius 3 is 2.38 bits per heavy atom. The fraction of sp³-hybridized carbons (Fsp3) is 0.0385. The highest BCUT2D eigenvalue weighted by atomic mass is 32.2. The molecule has 0 saturated carbocycles. The number of anilines is 2. The molecule has 0 saturated heterocycles. The standard InChI is InChI=1S/C26H21N5O2S/c1-17-7-5-10-20(13-17)29-26-24-22(18-8-3-2-4-9-18)11-6-12-23(24)25(30-31-26)19-14-21(16-28-15-19)34(27,32)33/h2-16H,1H3,(H,29,31)(H2,27,32,33). The summed E-state index contributed by atoms with van der Waals surface area (Å²) in [7, 11) is -3.91. The Hall–Kier alpha value is -4.14. The quantitative estimate of drug-likeness (QED) is 0.374. The highest BCUT2D eigenvalue weighted by molar-refractivity contribution is 7.89. The molecule has 0 aliphatic rings. The van der Waals surface area contributed by atoms with E-state index >= 15 is 0 Å². The molecule has 7 nitrogen and oxygen atoms in total. The van der Waals surface area contributed by atoms with Crippen LogP contribution in [0.4, 0.5) is 11.5 Å². The highest BCUT2D eigenvalue weighted by Gasteiger charge is 2.18. The maximum Gasteiger partial charge on any atom is 0.239 e. The molecule has 0 unspecified atom stereocenters. The van der Waals surface area contributed by atoms with Crippen molar-refractivity contribution < 1.29 is 8.42 Å². The number of benzene rings is 3. The molecule has 3 N–H and O–H groups in total. The lowest BCUT2D eigenvalue weighted by Crippen LogP contribution is -2.12. The lowest BCUT2D eigenvalue weighted by atomic mass is 9.96. The number of pyridine rings is 1. The first-order valence-electron chi connectivity index (χ1n) is 10.6. The third kappa shape index (κ3) is 4.24. The van der Waals surface area contributed by atoms with E-state index in [-0.39, 0.29) is 4.90 Å². The Kier molecular flexibility index (Phi) is 5.53. The number of rotatable bonds is 5. The molecule has 0 atom stereocenters. The zero-order valence-electron chi connectivity index (χ0n) is 18.3. The van der Waals surface area contributed by atoms with Gasteiger partial charge >= 0.3 is 0 Å². The molecule has 0 radical (unpaired) electrons. The summed E-state index contributed by atoms with van der Waals surface area (Å²) in [6.45, 7) is 2.03. The number of aryl methyl sites for hydroxylation is 1. The minimum absolute atomic E-state index is 0.0823. The Labute approximate surface area is 197 Å². The van der Waals surface area contributed by atoms with Gasteiger partial charge in [0.1, 0.15) is 10.6 Å². The smallest absolute Gasteiger partial charge is 0.239 e. The first-order valence-corrected chi connectivity index (χ1v) is 12.1. The largest absolute Gasteiger partial charge is 0.338 e. The third-order valence-corrected chi connectivity index (χ3v) is 6.37. The SMILES string of the molecule is Cc1cccc(Nc2nnc(-c3cncc(S(N)(=O)=O)c3)c3cccc(-c4ccccc4)c23)c1. The normalized spacial score (nSPS) is 11.5. The summed E-state index contributed by atoms with van der Waals surface area (Å²) in [5.41, 5.74) is 5.03. The van der Waals surface area contributed by atoms with Gasteiger partial charge in [-0.1, -0.05) is 60.7 Å². The number of aromatic nitrogens is 3. The van der Waals surface area contributed by atoms with Gasteiger partial charge in [-0.15, -0.1) is 10.2 Å². The molecular formula is C26H21N5O2S. The van der Waals surface area contributed by atoms with E-state index in [1.54, 1.807) is 6.20 Å². The fourth-order valence-electron chi connectivity index (χ4n) is 3.93. The zero-order chi connectivity index (χ0) is 23.7. The fourth-order valence-corrected chi connectivity index (χ4v) is 4.43. The van der Waals surface area contributed by atoms with Gasteiger partial charge in [0.15, 0.2) is 5.82 Å². The summed E-state index contributed by atoms with van der Waals surface area (Å²) in [5.74, 6) is 0.597. The minimum atomic E-state index is -3.91. The Morgan fingerprint density at radius 1 is 0.824 bits per heavy atom. The van der Waals surface area contributed by atoms with Crippen LogP contribution in [0.3, 0.4) is 0 Å². The van der Waals surface area contributed by atoms with Gasteiger partial charge < -0.3 is 5.32 Å². The molecule has 5 aromatic rings. The third-order valence-electron chi connectivity index (χ3n) is 5.49. The van der Waals surface area contributed by atoms with E-state index in [2.05, 4.69) is 20.5 Å². The Balaban J connectivity index is 1.77. The number of fused-ring (bicyclic) bond motifs is 1. The van der Waals surface area contributed by atoms with E-state index in [1.165, 1.54) is 12.3 Å². The van der Waals surface area contributed by atoms with Crippen LogP contribution in [0.1, 0.15) is 5.56 Å². The predicted octanol–water partition coefficient (Wildman–Crippen LogP) is 5.06. The maximum atomic E-state index is 11.9. The first-order chi connectivity index (χ1) is 16.4. The van der Waals surface area contributed by atoms with Crippen molar-refractivity contribution in [2.75, 3.05) is 5.32 Å². The number of hydrogen-bond donors (Lipinski definition) is 2. The molecule has 3 aromatic carbocycles. The van der Waals surface area contributed by atoms with Crippen LogP contribution in [0.15, 0.2) is 96.2 Å². The van der Waals surface area contributed by atoms with Gasteiger partial charge in [-0.25, -0.2) is 13.6 Å². The van der Waals surface area contributed by atoms with Gasteiger partial charge in [0.2, 0.25) is 10.0 Å². The van der Waals surface area contributed by atoms with E-state index in [1.807, 2.05) is 79.7 Å². The molecule has 0 bridgehead atoms. The monoisotopic (exact) mass is 467 g/mol. The van der Waals surface area contributed by atoms with Crippen molar-refractivity contribution in [3.63, 3.8) is 0 Å². The molecule has 2 aromatic heterocycles. The topological polar surface area (TPSA) is 111 Å². The lowest BCUT2D eigenvalue weighted by molar-refractivity contribution is 0.597. The molecule has 168 valence electrons. The van der Waals surface area contributed by atoms with Gasteiger partial charge in [-0.3, -0.25) is 4.98 Å². The summed E-state index contributed by atoms with van der Waals surface area (Å²) in [5, 5.41) is 19.4. The molecule has 34 heavy (non-hydrogen) atoms. The molecule has 0 amide bonds. The van der Waals surface area contributed by atoms with E-state index in [4.69, 9.17) is 5.14 Å². The number of nitrogens with one attached hydrogen (secondary N) is 1. The molecule has 0 spiro atoms. The molecule has 0 aliphatic heterocycles. The van der Waals surface area contributed by atoms with E-state index < -0.39 is 10.0 Å². The average Bonchev–Trinajstić information content (AvgIpc) is 2.84. The van der Waals surface area contributed by atoms with Crippen molar-refractivity contribution in [3.8, 4) is 22.4 Å². The molecule has 0 aliphatic carbocycles. The summed E-state index contributed by atoms with van der Waals surface area (Å²) in [6.07, 6.45) is 2.78. The Bertz CT molecular complexity index is 1620. The number of sulfonamides is 1. The number of nitrogens with two attached hydrogens (primary N) is 1. The molecule has 0 fully saturated rings. The van der Waals surface area contributed by atoms with Gasteiger partial charge in [-0.05, 0) is 41.8 Å². The van der Waals surface area contributed by atoms with Crippen molar-refractivity contribution in [2.24, 2.45) is 5.14 Å². The number of primary sulfonamides is 1. The van der Waals surface area contributed by atoms with Crippen molar-refractivity contribution in [2.45, 2.75) is 11.8 Å². The maximum absolute atomic E-state index is 11.9. The highest BCUT2D eigenvalue weighted by Crippen LogP contribution is 2.38. The summed E-state index contributed by atoms with van der Waals surface area (Å²) < 4.78 is 23.8. The predicted molar refractivity (Wildman–Crippen MR) is 134 cm³/mol. The van der Waals surface area contributed by atoms with Crippen LogP contribution in [0.25, 0.3) is 33.2 Å². The molecular weight excluding hydrogens is 446 g/mol. The van der Waals surface area contributed by atoms with Gasteiger partial charge in [0.25, 0.3) is 0 Å². The van der Waals surface area contributed by atoms with Crippen molar-refractivity contribution in [1.82, 2.24) is 15.2 Å².